The van der Waals surface area contributed by atoms with Crippen LogP contribution in [-0.2, 0) is 6.54 Å². The highest BCUT2D eigenvalue weighted by Gasteiger charge is 2.19. The minimum absolute atomic E-state index is 0.0178. The maximum absolute atomic E-state index is 13.5. The molecule has 0 atom stereocenters. The van der Waals surface area contributed by atoms with E-state index in [1.165, 1.54) is 38.5 Å². The van der Waals surface area contributed by atoms with E-state index >= 15 is 0 Å². The first-order valence-corrected chi connectivity index (χ1v) is 12.8. The molecule has 5 aromatic rings. The molecule has 0 aliphatic heterocycles. The van der Waals surface area contributed by atoms with Crippen LogP contribution in [0.15, 0.2) is 77.9 Å². The van der Waals surface area contributed by atoms with Crippen LogP contribution in [0.3, 0.4) is 0 Å². The minimum Gasteiger partial charge on any atom is -0.491 e. The second kappa shape index (κ2) is 11.5. The number of fused-ring (bicyclic) bond motifs is 1. The zero-order chi connectivity index (χ0) is 29.1. The summed E-state index contributed by atoms with van der Waals surface area (Å²) in [5.74, 6) is 0.747. The molecular weight excluding hydrogens is 527 g/mol. The number of ether oxygens (including phenoxy) is 3. The van der Waals surface area contributed by atoms with Gasteiger partial charge in [0, 0.05) is 48.0 Å². The predicted octanol–water partition coefficient (Wildman–Crippen LogP) is 5.99. The van der Waals surface area contributed by atoms with Crippen molar-refractivity contribution in [2.24, 2.45) is 0 Å². The third-order valence-electron chi connectivity index (χ3n) is 6.63. The standard InChI is InChI=1S/C31H27FN4O5/c1-5-36-17-23(29(37)27(18(36)2)19-6-8-20(32)9-7-19)30(38)34-21-10-12-22(13-11-21)41-25-14-15-33-24-16-26(39-3)31(40-4)35-28(24)25/h6-17H,5H2,1-4H3,(H,34,38). The molecule has 3 aromatic heterocycles. The van der Waals surface area contributed by atoms with Gasteiger partial charge in [0.25, 0.3) is 11.8 Å². The van der Waals surface area contributed by atoms with Crippen LogP contribution in [0, 0.1) is 12.7 Å². The summed E-state index contributed by atoms with van der Waals surface area (Å²) in [6.45, 7) is 4.27. The van der Waals surface area contributed by atoms with E-state index < -0.39 is 17.2 Å². The molecule has 0 bridgehead atoms. The molecule has 0 aliphatic rings. The molecule has 3 heterocycles. The van der Waals surface area contributed by atoms with Gasteiger partial charge in [-0.3, -0.25) is 14.6 Å². The Bertz CT molecular complexity index is 1800. The Kier molecular flexibility index (Phi) is 7.64. The van der Waals surface area contributed by atoms with Gasteiger partial charge in [0.1, 0.15) is 22.6 Å². The largest absolute Gasteiger partial charge is 0.491 e. The van der Waals surface area contributed by atoms with E-state index in [4.69, 9.17) is 14.2 Å². The number of carbonyl (C=O) groups excluding carboxylic acids is 1. The highest BCUT2D eigenvalue weighted by molar-refractivity contribution is 6.04. The SMILES string of the molecule is CCn1cc(C(=O)Nc2ccc(Oc3ccnc4cc(OC)c(OC)nc34)cc2)c(=O)c(-c2ccc(F)cc2)c1C. The van der Waals surface area contributed by atoms with Gasteiger partial charge in [0.05, 0.1) is 19.7 Å². The molecule has 10 heteroatoms. The summed E-state index contributed by atoms with van der Waals surface area (Å²) >= 11 is 0. The van der Waals surface area contributed by atoms with Crippen molar-refractivity contribution in [3.63, 3.8) is 0 Å². The van der Waals surface area contributed by atoms with Gasteiger partial charge in [-0.25, -0.2) is 9.37 Å². The van der Waals surface area contributed by atoms with Crippen molar-refractivity contribution in [2.45, 2.75) is 20.4 Å². The highest BCUT2D eigenvalue weighted by Crippen LogP contribution is 2.34. The Labute approximate surface area is 235 Å². The van der Waals surface area contributed by atoms with Crippen molar-refractivity contribution in [3.8, 4) is 34.3 Å². The van der Waals surface area contributed by atoms with Gasteiger partial charge in [-0.15, -0.1) is 0 Å². The summed E-state index contributed by atoms with van der Waals surface area (Å²) in [6, 6.07) is 15.8. The lowest BCUT2D eigenvalue weighted by molar-refractivity contribution is 0.102. The Morgan fingerprint density at radius 3 is 2.39 bits per heavy atom. The molecule has 5 rings (SSSR count). The molecule has 0 saturated heterocycles. The number of hydrogen-bond acceptors (Lipinski definition) is 7. The number of pyridine rings is 3. The molecule has 1 amide bonds. The van der Waals surface area contributed by atoms with Gasteiger partial charge in [-0.05, 0) is 55.8 Å². The molecule has 0 spiro atoms. The van der Waals surface area contributed by atoms with E-state index in [9.17, 15) is 14.0 Å². The lowest BCUT2D eigenvalue weighted by atomic mass is 10.0. The number of benzene rings is 2. The first-order valence-electron chi connectivity index (χ1n) is 12.8. The smallest absolute Gasteiger partial charge is 0.261 e. The van der Waals surface area contributed by atoms with Crippen molar-refractivity contribution < 1.29 is 23.4 Å². The quantitative estimate of drug-likeness (QED) is 0.251. The molecule has 0 saturated carbocycles. The molecular formula is C31H27FN4O5. The van der Waals surface area contributed by atoms with Crippen molar-refractivity contribution in [1.29, 1.82) is 0 Å². The van der Waals surface area contributed by atoms with Gasteiger partial charge in [-0.2, -0.15) is 0 Å². The molecule has 2 aromatic carbocycles. The zero-order valence-electron chi connectivity index (χ0n) is 22.9. The number of carbonyl (C=O) groups is 1. The summed E-state index contributed by atoms with van der Waals surface area (Å²) < 4.78 is 32.0. The van der Waals surface area contributed by atoms with Gasteiger partial charge < -0.3 is 24.1 Å². The number of amides is 1. The molecule has 0 fully saturated rings. The number of methoxy groups -OCH3 is 2. The molecule has 9 nitrogen and oxygen atoms in total. The van der Waals surface area contributed by atoms with E-state index in [1.807, 2.05) is 11.5 Å². The summed E-state index contributed by atoms with van der Waals surface area (Å²) in [7, 11) is 3.02. The maximum atomic E-state index is 13.5. The summed E-state index contributed by atoms with van der Waals surface area (Å²) in [5.41, 5.74) is 2.67. The number of anilines is 1. The molecule has 208 valence electrons. The molecule has 0 unspecified atom stereocenters. The number of nitrogens with zero attached hydrogens (tertiary/aromatic N) is 3. The van der Waals surface area contributed by atoms with Crippen LogP contribution in [0.1, 0.15) is 23.0 Å². The van der Waals surface area contributed by atoms with Crippen LogP contribution in [0.25, 0.3) is 22.2 Å². The first kappa shape index (κ1) is 27.3. The second-order valence-corrected chi connectivity index (χ2v) is 9.08. The summed E-state index contributed by atoms with van der Waals surface area (Å²) in [4.78, 5) is 35.4. The molecule has 0 radical (unpaired) electrons. The van der Waals surface area contributed by atoms with Crippen LogP contribution in [0.2, 0.25) is 0 Å². The molecule has 1 N–H and O–H groups in total. The first-order chi connectivity index (χ1) is 19.8. The van der Waals surface area contributed by atoms with E-state index in [2.05, 4.69) is 15.3 Å². The number of halogens is 1. The fraction of sp³-hybridized carbons (Fsp3) is 0.161. The zero-order valence-corrected chi connectivity index (χ0v) is 22.9. The fourth-order valence-corrected chi connectivity index (χ4v) is 4.52. The van der Waals surface area contributed by atoms with Gasteiger partial charge in [-0.1, -0.05) is 12.1 Å². The summed E-state index contributed by atoms with van der Waals surface area (Å²) in [6.07, 6.45) is 3.15. The number of rotatable bonds is 8. The van der Waals surface area contributed by atoms with Crippen LogP contribution in [-0.4, -0.2) is 34.7 Å². The average Bonchev–Trinajstić information content (AvgIpc) is 2.98. The van der Waals surface area contributed by atoms with Gasteiger partial charge in [0.2, 0.25) is 5.43 Å². The number of nitrogens with one attached hydrogen (secondary N) is 1. The Morgan fingerprint density at radius 1 is 1.00 bits per heavy atom. The third-order valence-corrected chi connectivity index (χ3v) is 6.63. The van der Waals surface area contributed by atoms with E-state index in [0.717, 1.165) is 0 Å². The van der Waals surface area contributed by atoms with Crippen molar-refractivity contribution in [3.05, 3.63) is 100 Å². The lowest BCUT2D eigenvalue weighted by Gasteiger charge is -2.16. The Hall–Kier alpha value is -5.25. The van der Waals surface area contributed by atoms with Crippen LogP contribution in [0.4, 0.5) is 10.1 Å². The predicted molar refractivity (Wildman–Crippen MR) is 154 cm³/mol. The van der Waals surface area contributed by atoms with E-state index in [-0.39, 0.29) is 5.56 Å². The fourth-order valence-electron chi connectivity index (χ4n) is 4.52. The number of hydrogen-bond donors (Lipinski definition) is 1. The minimum atomic E-state index is -0.556. The summed E-state index contributed by atoms with van der Waals surface area (Å²) in [5, 5.41) is 2.79. The normalized spacial score (nSPS) is 10.9. The second-order valence-electron chi connectivity index (χ2n) is 9.08. The molecule has 0 aliphatic carbocycles. The van der Waals surface area contributed by atoms with Crippen molar-refractivity contribution in [1.82, 2.24) is 14.5 Å². The van der Waals surface area contributed by atoms with Gasteiger partial charge >= 0.3 is 0 Å². The number of aryl methyl sites for hydroxylation is 1. The van der Waals surface area contributed by atoms with E-state index in [0.29, 0.717) is 63.2 Å². The average molecular weight is 555 g/mol. The van der Waals surface area contributed by atoms with Crippen molar-refractivity contribution >= 4 is 22.6 Å². The van der Waals surface area contributed by atoms with Crippen molar-refractivity contribution in [2.75, 3.05) is 19.5 Å². The van der Waals surface area contributed by atoms with Crippen LogP contribution in [0.5, 0.6) is 23.1 Å². The highest BCUT2D eigenvalue weighted by atomic mass is 19.1. The maximum Gasteiger partial charge on any atom is 0.261 e. The Morgan fingerprint density at radius 2 is 1.73 bits per heavy atom. The number of aromatic nitrogens is 3. The Balaban J connectivity index is 1.40. The topological polar surface area (TPSA) is 105 Å². The monoisotopic (exact) mass is 554 g/mol. The van der Waals surface area contributed by atoms with Crippen LogP contribution < -0.4 is 25.0 Å². The van der Waals surface area contributed by atoms with Crippen LogP contribution >= 0.6 is 0 Å². The molecule has 41 heavy (non-hydrogen) atoms. The lowest BCUT2D eigenvalue weighted by Crippen LogP contribution is -2.26. The third kappa shape index (κ3) is 5.44. The van der Waals surface area contributed by atoms with Gasteiger partial charge in [0.15, 0.2) is 11.5 Å². The van der Waals surface area contributed by atoms with E-state index in [1.54, 1.807) is 55.7 Å².